The van der Waals surface area contributed by atoms with Crippen molar-refractivity contribution < 1.29 is 13.9 Å². The number of Topliss-reactive ketones (excluding diaryl/α,β-unsaturated/α-hetero) is 1. The quantitative estimate of drug-likeness (QED) is 0.805. The highest BCUT2D eigenvalue weighted by Crippen LogP contribution is 2.18. The van der Waals surface area contributed by atoms with Crippen LogP contribution in [0.3, 0.4) is 0 Å². The first-order valence-electron chi connectivity index (χ1n) is 6.48. The fraction of sp³-hybridized carbons (Fsp3) is 0.176. The predicted molar refractivity (Wildman–Crippen MR) is 76.7 cm³/mol. The Morgan fingerprint density at radius 2 is 1.90 bits per heavy atom. The van der Waals surface area contributed by atoms with E-state index in [4.69, 9.17) is 10.00 Å². The summed E-state index contributed by atoms with van der Waals surface area (Å²) in [6, 6.07) is 12.8. The van der Waals surface area contributed by atoms with Gasteiger partial charge in [0.1, 0.15) is 17.6 Å². The van der Waals surface area contributed by atoms with Crippen LogP contribution in [0, 0.1) is 24.1 Å². The van der Waals surface area contributed by atoms with Gasteiger partial charge in [-0.1, -0.05) is 29.8 Å². The predicted octanol–water partition coefficient (Wildman–Crippen LogP) is 3.66. The van der Waals surface area contributed by atoms with Crippen LogP contribution in [0.1, 0.15) is 28.4 Å². The van der Waals surface area contributed by atoms with Crippen molar-refractivity contribution in [1.29, 1.82) is 5.26 Å². The van der Waals surface area contributed by atoms with Crippen molar-refractivity contribution >= 4 is 5.78 Å². The molecule has 0 aliphatic rings. The van der Waals surface area contributed by atoms with Crippen LogP contribution >= 0.6 is 0 Å². The van der Waals surface area contributed by atoms with E-state index in [2.05, 4.69) is 0 Å². The molecule has 0 radical (unpaired) electrons. The van der Waals surface area contributed by atoms with E-state index >= 15 is 0 Å². The number of hydrogen-bond acceptors (Lipinski definition) is 3. The highest BCUT2D eigenvalue weighted by Gasteiger charge is 2.17. The molecule has 0 aliphatic heterocycles. The third-order valence-corrected chi connectivity index (χ3v) is 3.08. The topological polar surface area (TPSA) is 50.1 Å². The normalized spacial score (nSPS) is 11.5. The maximum Gasteiger partial charge on any atom is 0.202 e. The molecule has 0 heterocycles. The molecule has 0 saturated heterocycles. The monoisotopic (exact) mass is 283 g/mol. The van der Waals surface area contributed by atoms with Gasteiger partial charge in [0.05, 0.1) is 5.56 Å². The van der Waals surface area contributed by atoms with Gasteiger partial charge >= 0.3 is 0 Å². The van der Waals surface area contributed by atoms with E-state index in [1.807, 2.05) is 19.1 Å². The molecule has 2 aromatic carbocycles. The van der Waals surface area contributed by atoms with Crippen LogP contribution in [0.4, 0.5) is 4.39 Å². The van der Waals surface area contributed by atoms with Crippen molar-refractivity contribution in [2.24, 2.45) is 0 Å². The Bertz CT molecular complexity index is 702. The molecule has 0 spiro atoms. The van der Waals surface area contributed by atoms with E-state index in [-0.39, 0.29) is 17.1 Å². The second kappa shape index (κ2) is 6.19. The number of rotatable bonds is 4. The van der Waals surface area contributed by atoms with Gasteiger partial charge in [0.2, 0.25) is 5.78 Å². The summed E-state index contributed by atoms with van der Waals surface area (Å²) in [6.07, 6.45) is -0.736. The Kier molecular flexibility index (Phi) is 4.34. The lowest BCUT2D eigenvalue weighted by Gasteiger charge is -2.14. The first-order valence-corrected chi connectivity index (χ1v) is 6.48. The molecule has 2 aromatic rings. The zero-order valence-corrected chi connectivity index (χ0v) is 11.8. The van der Waals surface area contributed by atoms with Crippen LogP contribution in [0.15, 0.2) is 42.5 Å². The second-order valence-corrected chi connectivity index (χ2v) is 4.74. The SMILES string of the molecule is Cc1ccc(C(=O)C(C)Oc2ccc(C#N)c(F)c2)cc1. The molecule has 0 aromatic heterocycles. The van der Waals surface area contributed by atoms with E-state index in [9.17, 15) is 9.18 Å². The van der Waals surface area contributed by atoms with Gasteiger partial charge in [0.15, 0.2) is 6.10 Å². The molecule has 4 heteroatoms. The Balaban J connectivity index is 2.12. The van der Waals surface area contributed by atoms with Crippen molar-refractivity contribution in [2.75, 3.05) is 0 Å². The number of carbonyl (C=O) groups excluding carboxylic acids is 1. The summed E-state index contributed by atoms with van der Waals surface area (Å²) < 4.78 is 18.9. The van der Waals surface area contributed by atoms with Crippen molar-refractivity contribution in [3.8, 4) is 11.8 Å². The van der Waals surface area contributed by atoms with Gasteiger partial charge in [-0.05, 0) is 26.0 Å². The first-order chi connectivity index (χ1) is 10.0. The third kappa shape index (κ3) is 3.46. The van der Waals surface area contributed by atoms with Crippen molar-refractivity contribution in [3.63, 3.8) is 0 Å². The summed E-state index contributed by atoms with van der Waals surface area (Å²) in [6.45, 7) is 3.55. The summed E-state index contributed by atoms with van der Waals surface area (Å²) in [5, 5.41) is 8.67. The molecule has 3 nitrogen and oxygen atoms in total. The lowest BCUT2D eigenvalue weighted by Crippen LogP contribution is -2.23. The molecule has 0 fully saturated rings. The number of ketones is 1. The van der Waals surface area contributed by atoms with E-state index in [0.29, 0.717) is 5.56 Å². The van der Waals surface area contributed by atoms with Gasteiger partial charge in [-0.2, -0.15) is 5.26 Å². The summed E-state index contributed by atoms with van der Waals surface area (Å²) in [5.41, 5.74) is 1.55. The fourth-order valence-corrected chi connectivity index (χ4v) is 1.87. The van der Waals surface area contributed by atoms with E-state index in [1.54, 1.807) is 25.1 Å². The van der Waals surface area contributed by atoms with Gasteiger partial charge in [-0.15, -0.1) is 0 Å². The van der Waals surface area contributed by atoms with Crippen molar-refractivity contribution in [3.05, 3.63) is 65.0 Å². The van der Waals surface area contributed by atoms with Crippen molar-refractivity contribution in [2.45, 2.75) is 20.0 Å². The number of ether oxygens (including phenoxy) is 1. The number of carbonyl (C=O) groups is 1. The molecule has 21 heavy (non-hydrogen) atoms. The summed E-state index contributed by atoms with van der Waals surface area (Å²) in [7, 11) is 0. The number of aryl methyl sites for hydroxylation is 1. The molecule has 0 amide bonds. The average Bonchev–Trinajstić information content (AvgIpc) is 2.47. The number of halogens is 1. The third-order valence-electron chi connectivity index (χ3n) is 3.08. The van der Waals surface area contributed by atoms with Gasteiger partial charge in [0.25, 0.3) is 0 Å². The standard InChI is InChI=1S/C17H14FNO2/c1-11-3-5-13(6-4-11)17(20)12(2)21-15-8-7-14(10-19)16(18)9-15/h3-9,12H,1-2H3. The van der Waals surface area contributed by atoms with Crippen LogP contribution in [0.25, 0.3) is 0 Å². The zero-order chi connectivity index (χ0) is 15.4. The summed E-state index contributed by atoms with van der Waals surface area (Å²) >= 11 is 0. The minimum Gasteiger partial charge on any atom is -0.482 e. The molecule has 0 bridgehead atoms. The average molecular weight is 283 g/mol. The molecule has 106 valence electrons. The molecular formula is C17H14FNO2. The molecular weight excluding hydrogens is 269 g/mol. The molecule has 1 atom stereocenters. The smallest absolute Gasteiger partial charge is 0.202 e. The molecule has 0 aliphatic carbocycles. The number of nitriles is 1. The highest BCUT2D eigenvalue weighted by atomic mass is 19.1. The first kappa shape index (κ1) is 14.7. The Hall–Kier alpha value is -2.67. The highest BCUT2D eigenvalue weighted by molar-refractivity contribution is 5.99. The zero-order valence-electron chi connectivity index (χ0n) is 11.8. The fourth-order valence-electron chi connectivity index (χ4n) is 1.87. The van der Waals surface area contributed by atoms with Crippen molar-refractivity contribution in [1.82, 2.24) is 0 Å². The number of nitrogens with zero attached hydrogens (tertiary/aromatic N) is 1. The van der Waals surface area contributed by atoms with Gasteiger partial charge in [-0.25, -0.2) is 4.39 Å². The Labute approximate surface area is 122 Å². The number of benzene rings is 2. The molecule has 1 unspecified atom stereocenters. The Morgan fingerprint density at radius 3 is 2.48 bits per heavy atom. The van der Waals surface area contributed by atoms with Gasteiger partial charge in [-0.3, -0.25) is 4.79 Å². The second-order valence-electron chi connectivity index (χ2n) is 4.74. The van der Waals surface area contributed by atoms with Crippen LogP contribution in [0.5, 0.6) is 5.75 Å². The minimum atomic E-state index is -0.736. The van der Waals surface area contributed by atoms with E-state index in [0.717, 1.165) is 11.6 Å². The van der Waals surface area contributed by atoms with Gasteiger partial charge in [0, 0.05) is 11.6 Å². The molecule has 2 rings (SSSR count). The van der Waals surface area contributed by atoms with Crippen LogP contribution in [-0.4, -0.2) is 11.9 Å². The molecule has 0 saturated carbocycles. The lowest BCUT2D eigenvalue weighted by molar-refractivity contribution is 0.0817. The minimum absolute atomic E-state index is 0.0557. The summed E-state index contributed by atoms with van der Waals surface area (Å²) in [5.74, 6) is -0.621. The largest absolute Gasteiger partial charge is 0.482 e. The van der Waals surface area contributed by atoms with Gasteiger partial charge < -0.3 is 4.74 Å². The van der Waals surface area contributed by atoms with E-state index in [1.165, 1.54) is 12.1 Å². The summed E-state index contributed by atoms with van der Waals surface area (Å²) in [4.78, 5) is 12.2. The van der Waals surface area contributed by atoms with Crippen LogP contribution in [-0.2, 0) is 0 Å². The van der Waals surface area contributed by atoms with Crippen LogP contribution < -0.4 is 4.74 Å². The molecule has 0 N–H and O–H groups in total. The maximum absolute atomic E-state index is 13.5. The number of hydrogen-bond donors (Lipinski definition) is 0. The lowest BCUT2D eigenvalue weighted by atomic mass is 10.1. The maximum atomic E-state index is 13.5. The van der Waals surface area contributed by atoms with Crippen LogP contribution in [0.2, 0.25) is 0 Å². The van der Waals surface area contributed by atoms with E-state index < -0.39 is 11.9 Å². The Morgan fingerprint density at radius 1 is 1.24 bits per heavy atom.